The van der Waals surface area contributed by atoms with Crippen LogP contribution in [0.1, 0.15) is 11.3 Å². The van der Waals surface area contributed by atoms with E-state index in [-0.39, 0.29) is 5.91 Å². The molecule has 0 saturated carbocycles. The number of hydrogen-bond donors (Lipinski definition) is 2. The fourth-order valence-electron chi connectivity index (χ4n) is 3.01. The molecule has 0 atom stereocenters. The van der Waals surface area contributed by atoms with Crippen LogP contribution >= 0.6 is 11.6 Å². The first-order valence-electron chi connectivity index (χ1n) is 8.36. The Morgan fingerprint density at radius 2 is 2.08 bits per heavy atom. The van der Waals surface area contributed by atoms with Gasteiger partial charge in [-0.25, -0.2) is 4.98 Å². The average Bonchev–Trinajstić information content (AvgIpc) is 3.20. The number of fused-ring (bicyclic) bond motifs is 2. The normalized spacial score (nSPS) is 11.6. The van der Waals surface area contributed by atoms with Crippen LogP contribution in [0.25, 0.3) is 22.6 Å². The second-order valence-electron chi connectivity index (χ2n) is 5.95. The summed E-state index contributed by atoms with van der Waals surface area (Å²) in [6, 6.07) is 13.8. The van der Waals surface area contributed by atoms with Crippen molar-refractivity contribution in [2.45, 2.75) is 6.42 Å². The number of hydrogen-bond acceptors (Lipinski definition) is 2. The van der Waals surface area contributed by atoms with E-state index in [0.29, 0.717) is 17.4 Å². The molecule has 2 N–H and O–H groups in total. The van der Waals surface area contributed by atoms with Crippen LogP contribution in [0.3, 0.4) is 0 Å². The van der Waals surface area contributed by atoms with E-state index in [1.54, 1.807) is 6.08 Å². The molecule has 6 heteroatoms. The van der Waals surface area contributed by atoms with Crippen LogP contribution in [0, 0.1) is 0 Å². The Hall–Kier alpha value is -3.05. The van der Waals surface area contributed by atoms with Crippen LogP contribution in [-0.4, -0.2) is 26.8 Å². The van der Waals surface area contributed by atoms with Gasteiger partial charge in [-0.05, 0) is 36.3 Å². The fourth-order valence-corrected chi connectivity index (χ4v) is 3.25. The summed E-state index contributed by atoms with van der Waals surface area (Å²) in [4.78, 5) is 19.6. The van der Waals surface area contributed by atoms with Crippen LogP contribution in [0.15, 0.2) is 60.9 Å². The van der Waals surface area contributed by atoms with Gasteiger partial charge in [0.25, 0.3) is 0 Å². The number of imidazole rings is 1. The van der Waals surface area contributed by atoms with Gasteiger partial charge >= 0.3 is 0 Å². The summed E-state index contributed by atoms with van der Waals surface area (Å²) < 4.78 is 1.85. The van der Waals surface area contributed by atoms with E-state index in [2.05, 4.69) is 21.4 Å². The zero-order valence-corrected chi connectivity index (χ0v) is 14.7. The van der Waals surface area contributed by atoms with Crippen LogP contribution in [-0.2, 0) is 11.2 Å². The Kier molecular flexibility index (Phi) is 4.46. The van der Waals surface area contributed by atoms with E-state index in [1.165, 1.54) is 17.0 Å². The predicted molar refractivity (Wildman–Crippen MR) is 104 cm³/mol. The van der Waals surface area contributed by atoms with Crippen LogP contribution in [0.4, 0.5) is 0 Å². The van der Waals surface area contributed by atoms with Crippen LogP contribution in [0.2, 0.25) is 5.15 Å². The summed E-state index contributed by atoms with van der Waals surface area (Å²) >= 11 is 6.16. The van der Waals surface area contributed by atoms with E-state index in [4.69, 9.17) is 11.6 Å². The number of carbonyl (C=O) groups is 1. The van der Waals surface area contributed by atoms with Gasteiger partial charge < -0.3 is 10.3 Å². The molecule has 0 aliphatic rings. The number of halogens is 1. The summed E-state index contributed by atoms with van der Waals surface area (Å²) in [5.41, 5.74) is 3.73. The first-order valence-corrected chi connectivity index (χ1v) is 8.73. The monoisotopic (exact) mass is 364 g/mol. The van der Waals surface area contributed by atoms with Crippen molar-refractivity contribution in [2.75, 3.05) is 6.54 Å². The molecule has 0 spiro atoms. The van der Waals surface area contributed by atoms with E-state index in [9.17, 15) is 4.79 Å². The van der Waals surface area contributed by atoms with Crippen molar-refractivity contribution >= 4 is 40.1 Å². The van der Waals surface area contributed by atoms with Gasteiger partial charge in [-0.1, -0.05) is 35.9 Å². The van der Waals surface area contributed by atoms with Gasteiger partial charge in [0.1, 0.15) is 5.65 Å². The Labute approximate surface area is 155 Å². The number of carbonyl (C=O) groups excluding carboxylic acids is 1. The molecule has 4 rings (SSSR count). The zero-order valence-electron chi connectivity index (χ0n) is 13.9. The average molecular weight is 365 g/mol. The van der Waals surface area contributed by atoms with Crippen molar-refractivity contribution in [3.05, 3.63) is 77.3 Å². The van der Waals surface area contributed by atoms with Gasteiger partial charge in [-0.2, -0.15) is 0 Å². The molecule has 0 aliphatic heterocycles. The van der Waals surface area contributed by atoms with Gasteiger partial charge in [0, 0.05) is 35.9 Å². The van der Waals surface area contributed by atoms with E-state index >= 15 is 0 Å². The minimum atomic E-state index is -0.160. The van der Waals surface area contributed by atoms with E-state index in [1.807, 2.05) is 53.2 Å². The summed E-state index contributed by atoms with van der Waals surface area (Å²) in [7, 11) is 0. The molecule has 130 valence electrons. The minimum Gasteiger partial charge on any atom is -0.361 e. The lowest BCUT2D eigenvalue weighted by Crippen LogP contribution is -2.23. The molecule has 3 aromatic heterocycles. The van der Waals surface area contributed by atoms with Crippen molar-refractivity contribution in [2.24, 2.45) is 0 Å². The van der Waals surface area contributed by atoms with Crippen molar-refractivity contribution in [1.29, 1.82) is 0 Å². The quantitative estimate of drug-likeness (QED) is 0.528. The second kappa shape index (κ2) is 7.06. The summed E-state index contributed by atoms with van der Waals surface area (Å²) in [5.74, 6) is -0.160. The highest BCUT2D eigenvalue weighted by atomic mass is 35.5. The maximum atomic E-state index is 12.1. The number of H-pyrrole nitrogens is 1. The number of pyridine rings is 1. The van der Waals surface area contributed by atoms with Gasteiger partial charge in [-0.15, -0.1) is 0 Å². The third kappa shape index (κ3) is 3.21. The lowest BCUT2D eigenvalue weighted by molar-refractivity contribution is -0.116. The number of aromatic nitrogens is 3. The molecule has 0 saturated heterocycles. The number of para-hydroxylation sites is 1. The number of amides is 1. The number of nitrogens with one attached hydrogen (secondary N) is 2. The Bertz CT molecular complexity index is 1110. The molecule has 3 heterocycles. The van der Waals surface area contributed by atoms with Crippen molar-refractivity contribution < 1.29 is 4.79 Å². The number of rotatable bonds is 5. The molecule has 5 nitrogen and oxygen atoms in total. The molecule has 4 aromatic rings. The SMILES string of the molecule is O=C(C=Cc1c(Cl)nc2ccccn12)NCCc1c[nH]c2ccccc12. The highest BCUT2D eigenvalue weighted by Gasteiger charge is 2.07. The molecule has 0 fully saturated rings. The maximum Gasteiger partial charge on any atom is 0.244 e. The molecule has 1 amide bonds. The largest absolute Gasteiger partial charge is 0.361 e. The standard InChI is InChI=1S/C20H17ClN4O/c21-20-17(25-12-4-3-7-18(25)24-20)8-9-19(26)22-11-10-14-13-23-16-6-2-1-5-15(14)16/h1-9,12-13,23H,10-11H2,(H,22,26). The van der Waals surface area contributed by atoms with Gasteiger partial charge in [0.05, 0.1) is 5.69 Å². The van der Waals surface area contributed by atoms with Crippen LogP contribution < -0.4 is 5.32 Å². The highest BCUT2D eigenvalue weighted by molar-refractivity contribution is 6.31. The third-order valence-electron chi connectivity index (χ3n) is 4.28. The Balaban J connectivity index is 1.39. The molecule has 0 bridgehead atoms. The Morgan fingerprint density at radius 1 is 1.23 bits per heavy atom. The summed E-state index contributed by atoms with van der Waals surface area (Å²) in [6.07, 6.45) is 7.79. The number of nitrogens with zero attached hydrogens (tertiary/aromatic N) is 2. The molecule has 1 aromatic carbocycles. The van der Waals surface area contributed by atoms with Crippen molar-refractivity contribution in [3.8, 4) is 0 Å². The molecule has 0 unspecified atom stereocenters. The minimum absolute atomic E-state index is 0.160. The highest BCUT2D eigenvalue weighted by Crippen LogP contribution is 2.19. The van der Waals surface area contributed by atoms with Gasteiger partial charge in [0.15, 0.2) is 5.15 Å². The summed E-state index contributed by atoms with van der Waals surface area (Å²) in [6.45, 7) is 0.561. The third-order valence-corrected chi connectivity index (χ3v) is 4.56. The van der Waals surface area contributed by atoms with E-state index < -0.39 is 0 Å². The molecular weight excluding hydrogens is 348 g/mol. The van der Waals surface area contributed by atoms with Crippen molar-refractivity contribution in [3.63, 3.8) is 0 Å². The zero-order chi connectivity index (χ0) is 17.9. The molecule has 26 heavy (non-hydrogen) atoms. The fraction of sp³-hybridized carbons (Fsp3) is 0.100. The number of benzene rings is 1. The first kappa shape index (κ1) is 16.4. The first-order chi connectivity index (χ1) is 12.7. The molecule has 0 radical (unpaired) electrons. The number of aromatic amines is 1. The second-order valence-corrected chi connectivity index (χ2v) is 6.31. The lowest BCUT2D eigenvalue weighted by Gasteiger charge is -2.02. The van der Waals surface area contributed by atoms with Gasteiger partial charge in [0.2, 0.25) is 5.91 Å². The topological polar surface area (TPSA) is 62.2 Å². The Morgan fingerprint density at radius 3 is 3.00 bits per heavy atom. The van der Waals surface area contributed by atoms with E-state index in [0.717, 1.165) is 17.6 Å². The van der Waals surface area contributed by atoms with Crippen LogP contribution in [0.5, 0.6) is 0 Å². The predicted octanol–water partition coefficient (Wildman–Crippen LogP) is 3.84. The summed E-state index contributed by atoms with van der Waals surface area (Å²) in [5, 5.41) is 4.47. The molecule has 0 aliphatic carbocycles. The lowest BCUT2D eigenvalue weighted by atomic mass is 10.1. The molecular formula is C20H17ClN4O. The van der Waals surface area contributed by atoms with Crippen molar-refractivity contribution in [1.82, 2.24) is 19.7 Å². The smallest absolute Gasteiger partial charge is 0.244 e. The maximum absolute atomic E-state index is 12.1. The van der Waals surface area contributed by atoms with Gasteiger partial charge in [-0.3, -0.25) is 9.20 Å².